The topological polar surface area (TPSA) is 40.5 Å². The van der Waals surface area contributed by atoms with Gasteiger partial charge < -0.3 is 10.2 Å². The lowest BCUT2D eigenvalue weighted by molar-refractivity contribution is 0.0560. The molecule has 101 valence electrons. The molecule has 0 aromatic heterocycles. The minimum Gasteiger partial charge on any atom is -0.393 e. The maximum Gasteiger partial charge on any atom is 0.0574 e. The lowest BCUT2D eigenvalue weighted by atomic mass is 9.68. The normalized spacial score (nSPS) is 58.0. The zero-order chi connectivity index (χ0) is 12.4. The number of fused-ring (bicyclic) bond motifs is 4. The summed E-state index contributed by atoms with van der Waals surface area (Å²) >= 11 is 0. The van der Waals surface area contributed by atoms with Crippen molar-refractivity contribution in [3.63, 3.8) is 0 Å². The van der Waals surface area contributed by atoms with E-state index < -0.39 is 0 Å². The number of aliphatic hydroxyl groups is 2. The first kappa shape index (κ1) is 11.7. The molecule has 0 aromatic rings. The molecule has 4 fully saturated rings. The highest BCUT2D eigenvalue weighted by atomic mass is 16.3. The molecule has 8 atom stereocenters. The SMILES string of the molecule is C[C](C1CC2CC(O)C1C2)C1CC2CC(O)C1C2. The molecule has 4 aliphatic rings. The van der Waals surface area contributed by atoms with Crippen molar-refractivity contribution in [3.05, 3.63) is 5.92 Å². The van der Waals surface area contributed by atoms with E-state index in [1.54, 1.807) is 5.92 Å². The minimum atomic E-state index is -0.0350. The Hall–Kier alpha value is -0.0800. The minimum absolute atomic E-state index is 0.0350. The summed E-state index contributed by atoms with van der Waals surface area (Å²) in [6.07, 6.45) is 7.18. The summed E-state index contributed by atoms with van der Waals surface area (Å²) in [4.78, 5) is 0. The van der Waals surface area contributed by atoms with Crippen LogP contribution in [-0.4, -0.2) is 22.4 Å². The molecule has 2 heteroatoms. The third-order valence-electron chi connectivity index (χ3n) is 6.73. The van der Waals surface area contributed by atoms with E-state index in [9.17, 15) is 10.2 Å². The first-order valence-corrected chi connectivity index (χ1v) is 7.83. The molecular formula is C16H25O2. The van der Waals surface area contributed by atoms with E-state index in [4.69, 9.17) is 0 Å². The van der Waals surface area contributed by atoms with Crippen LogP contribution in [0.2, 0.25) is 0 Å². The molecule has 4 saturated carbocycles. The lowest BCUT2D eigenvalue weighted by Gasteiger charge is -2.38. The molecule has 2 N–H and O–H groups in total. The fourth-order valence-electron chi connectivity index (χ4n) is 5.95. The van der Waals surface area contributed by atoms with Crippen molar-refractivity contribution in [2.24, 2.45) is 35.5 Å². The van der Waals surface area contributed by atoms with Crippen LogP contribution < -0.4 is 0 Å². The van der Waals surface area contributed by atoms with E-state index in [1.807, 2.05) is 0 Å². The molecule has 4 bridgehead atoms. The zero-order valence-electron chi connectivity index (χ0n) is 11.3. The summed E-state index contributed by atoms with van der Waals surface area (Å²) < 4.78 is 0. The first-order chi connectivity index (χ1) is 8.63. The summed E-state index contributed by atoms with van der Waals surface area (Å²) in [7, 11) is 0. The molecule has 18 heavy (non-hydrogen) atoms. The Labute approximate surface area is 110 Å². The number of hydrogen-bond acceptors (Lipinski definition) is 2. The van der Waals surface area contributed by atoms with Gasteiger partial charge in [-0.05, 0) is 80.0 Å². The van der Waals surface area contributed by atoms with Crippen molar-refractivity contribution in [3.8, 4) is 0 Å². The number of rotatable bonds is 2. The second-order valence-electron chi connectivity index (χ2n) is 7.57. The Morgan fingerprint density at radius 3 is 1.50 bits per heavy atom. The second-order valence-corrected chi connectivity index (χ2v) is 7.57. The van der Waals surface area contributed by atoms with Crippen LogP contribution in [0.15, 0.2) is 0 Å². The van der Waals surface area contributed by atoms with Crippen LogP contribution in [0.3, 0.4) is 0 Å². The van der Waals surface area contributed by atoms with Crippen LogP contribution >= 0.6 is 0 Å². The number of hydrogen-bond donors (Lipinski definition) is 2. The van der Waals surface area contributed by atoms with Gasteiger partial charge in [-0.2, -0.15) is 0 Å². The summed E-state index contributed by atoms with van der Waals surface area (Å²) in [5.74, 6) is 5.62. The van der Waals surface area contributed by atoms with Crippen molar-refractivity contribution in [2.75, 3.05) is 0 Å². The van der Waals surface area contributed by atoms with Crippen LogP contribution in [0.1, 0.15) is 45.4 Å². The van der Waals surface area contributed by atoms with E-state index in [2.05, 4.69) is 6.92 Å². The quantitative estimate of drug-likeness (QED) is 0.789. The van der Waals surface area contributed by atoms with Gasteiger partial charge in [-0.3, -0.25) is 0 Å². The van der Waals surface area contributed by atoms with Crippen molar-refractivity contribution < 1.29 is 10.2 Å². The first-order valence-electron chi connectivity index (χ1n) is 7.83. The Balaban J connectivity index is 1.49. The highest BCUT2D eigenvalue weighted by Crippen LogP contribution is 2.58. The Bertz CT molecular complexity index is 310. The van der Waals surface area contributed by atoms with E-state index in [0.29, 0.717) is 23.7 Å². The maximum absolute atomic E-state index is 10.1. The van der Waals surface area contributed by atoms with E-state index in [1.165, 1.54) is 25.7 Å². The summed E-state index contributed by atoms with van der Waals surface area (Å²) in [5.41, 5.74) is 0. The monoisotopic (exact) mass is 249 g/mol. The van der Waals surface area contributed by atoms with Crippen LogP contribution in [0.4, 0.5) is 0 Å². The third kappa shape index (κ3) is 1.54. The maximum atomic E-state index is 10.1. The summed E-state index contributed by atoms with van der Waals surface area (Å²) in [6, 6.07) is 0. The fraction of sp³-hybridized carbons (Fsp3) is 0.938. The third-order valence-corrected chi connectivity index (χ3v) is 6.73. The van der Waals surface area contributed by atoms with Gasteiger partial charge in [-0.25, -0.2) is 0 Å². The molecule has 4 aliphatic carbocycles. The smallest absolute Gasteiger partial charge is 0.0574 e. The van der Waals surface area contributed by atoms with Crippen molar-refractivity contribution in [1.29, 1.82) is 0 Å². The van der Waals surface area contributed by atoms with Crippen LogP contribution in [0, 0.1) is 41.4 Å². The van der Waals surface area contributed by atoms with Gasteiger partial charge >= 0.3 is 0 Å². The lowest BCUT2D eigenvalue weighted by Crippen LogP contribution is -2.35. The Morgan fingerprint density at radius 1 is 0.722 bits per heavy atom. The van der Waals surface area contributed by atoms with E-state index >= 15 is 0 Å². The molecule has 2 nitrogen and oxygen atoms in total. The molecule has 4 rings (SSSR count). The van der Waals surface area contributed by atoms with Crippen LogP contribution in [-0.2, 0) is 0 Å². The average Bonchev–Trinajstić information content (AvgIpc) is 3.04. The molecule has 0 heterocycles. The van der Waals surface area contributed by atoms with E-state index in [0.717, 1.165) is 24.7 Å². The van der Waals surface area contributed by atoms with Crippen LogP contribution in [0.25, 0.3) is 0 Å². The molecule has 0 amide bonds. The summed E-state index contributed by atoms with van der Waals surface area (Å²) in [6.45, 7) is 2.33. The molecule has 0 saturated heterocycles. The van der Waals surface area contributed by atoms with Crippen molar-refractivity contribution in [1.82, 2.24) is 0 Å². The largest absolute Gasteiger partial charge is 0.393 e. The van der Waals surface area contributed by atoms with E-state index in [-0.39, 0.29) is 12.2 Å². The Morgan fingerprint density at radius 2 is 1.17 bits per heavy atom. The van der Waals surface area contributed by atoms with Gasteiger partial charge in [0.1, 0.15) is 0 Å². The van der Waals surface area contributed by atoms with Crippen molar-refractivity contribution >= 4 is 0 Å². The van der Waals surface area contributed by atoms with Gasteiger partial charge in [-0.1, -0.05) is 6.92 Å². The molecule has 0 spiro atoms. The van der Waals surface area contributed by atoms with Gasteiger partial charge in [0, 0.05) is 0 Å². The molecule has 0 aromatic carbocycles. The highest BCUT2D eigenvalue weighted by molar-refractivity contribution is 5.14. The number of aliphatic hydroxyl groups excluding tert-OH is 2. The standard InChI is InChI=1S/C16H25O2/c1-8(11-2-9-4-13(11)15(17)6-9)12-3-10-5-14(12)16(18)7-10/h9-18H,2-7H2,1H3. The zero-order valence-corrected chi connectivity index (χ0v) is 11.3. The van der Waals surface area contributed by atoms with Gasteiger partial charge in [-0.15, -0.1) is 0 Å². The second kappa shape index (κ2) is 3.96. The van der Waals surface area contributed by atoms with Gasteiger partial charge in [0.05, 0.1) is 12.2 Å². The molecule has 0 aliphatic heterocycles. The van der Waals surface area contributed by atoms with Crippen molar-refractivity contribution in [2.45, 2.75) is 57.7 Å². The van der Waals surface area contributed by atoms with Gasteiger partial charge in [0.2, 0.25) is 0 Å². The van der Waals surface area contributed by atoms with Crippen LogP contribution in [0.5, 0.6) is 0 Å². The summed E-state index contributed by atoms with van der Waals surface area (Å²) in [5, 5.41) is 20.2. The molecule has 8 unspecified atom stereocenters. The predicted molar refractivity (Wildman–Crippen MR) is 69.6 cm³/mol. The fourth-order valence-corrected chi connectivity index (χ4v) is 5.95. The van der Waals surface area contributed by atoms with Gasteiger partial charge in [0.25, 0.3) is 0 Å². The molecular weight excluding hydrogens is 224 g/mol. The predicted octanol–water partition coefficient (Wildman–Crippen LogP) is 2.39. The average molecular weight is 249 g/mol. The highest BCUT2D eigenvalue weighted by Gasteiger charge is 2.53. The van der Waals surface area contributed by atoms with Gasteiger partial charge in [0.15, 0.2) is 0 Å². The Kier molecular flexibility index (Phi) is 2.58. The molecule has 1 radical (unpaired) electrons.